The molecule has 0 saturated heterocycles. The summed E-state index contributed by atoms with van der Waals surface area (Å²) in [6.07, 6.45) is 1.70. The van der Waals surface area contributed by atoms with Gasteiger partial charge in [0.05, 0.1) is 11.9 Å². The number of carbonyl (C=O) groups is 2. The molecule has 0 fully saturated rings. The van der Waals surface area contributed by atoms with E-state index < -0.39 is 16.1 Å². The molecular formula is C26H33Cl2N3O6S. The number of halogens is 2. The van der Waals surface area contributed by atoms with Crippen molar-refractivity contribution < 1.29 is 27.5 Å². The molecule has 2 aromatic carbocycles. The van der Waals surface area contributed by atoms with Crippen LogP contribution in [0, 0.1) is 0 Å². The molecule has 0 bridgehead atoms. The smallest absolute Gasteiger partial charge is 0.243 e. The summed E-state index contributed by atoms with van der Waals surface area (Å²) in [5.41, 5.74) is 0.949. The highest BCUT2D eigenvalue weighted by molar-refractivity contribution is 7.92. The maximum absolute atomic E-state index is 13.5. The quantitative estimate of drug-likeness (QED) is 0.390. The third-order valence-corrected chi connectivity index (χ3v) is 7.91. The fourth-order valence-corrected chi connectivity index (χ4v) is 5.67. The summed E-state index contributed by atoms with van der Waals surface area (Å²) < 4.78 is 37.1. The van der Waals surface area contributed by atoms with E-state index >= 15 is 0 Å². The largest absolute Gasteiger partial charge is 0.454 e. The SMILES string of the molecule is CCC(C(=O)NC(C)C)N(Cc1c(Cl)cccc1Cl)C(=O)CCCN(c1ccc2c(c1)OCO2)S(C)(=O)=O. The lowest BCUT2D eigenvalue weighted by atomic mass is 10.1. The molecule has 1 aliphatic rings. The number of sulfonamides is 1. The van der Waals surface area contributed by atoms with Gasteiger partial charge in [0.15, 0.2) is 11.5 Å². The summed E-state index contributed by atoms with van der Waals surface area (Å²) in [4.78, 5) is 28.0. The van der Waals surface area contributed by atoms with E-state index in [0.717, 1.165) is 6.26 Å². The van der Waals surface area contributed by atoms with Crippen molar-refractivity contribution in [2.24, 2.45) is 0 Å². The molecular weight excluding hydrogens is 553 g/mol. The van der Waals surface area contributed by atoms with Crippen LogP contribution in [0.15, 0.2) is 36.4 Å². The van der Waals surface area contributed by atoms with Gasteiger partial charge in [-0.15, -0.1) is 0 Å². The Morgan fingerprint density at radius 2 is 1.74 bits per heavy atom. The van der Waals surface area contributed by atoms with Crippen LogP contribution in [0.5, 0.6) is 11.5 Å². The van der Waals surface area contributed by atoms with E-state index in [9.17, 15) is 18.0 Å². The number of fused-ring (bicyclic) bond motifs is 1. The molecule has 1 atom stereocenters. The van der Waals surface area contributed by atoms with Crippen LogP contribution in [-0.4, -0.2) is 56.8 Å². The average molecular weight is 587 g/mol. The Kier molecular flexibility index (Phi) is 10.1. The zero-order valence-electron chi connectivity index (χ0n) is 21.9. The fraction of sp³-hybridized carbons (Fsp3) is 0.462. The summed E-state index contributed by atoms with van der Waals surface area (Å²) in [6, 6.07) is 9.07. The van der Waals surface area contributed by atoms with E-state index in [1.54, 1.807) is 36.4 Å². The van der Waals surface area contributed by atoms with Crippen molar-refractivity contribution in [3.8, 4) is 11.5 Å². The highest BCUT2D eigenvalue weighted by atomic mass is 35.5. The van der Waals surface area contributed by atoms with Gasteiger partial charge in [0.2, 0.25) is 28.6 Å². The predicted molar refractivity (Wildman–Crippen MR) is 148 cm³/mol. The Hall–Kier alpha value is -2.69. The molecule has 12 heteroatoms. The van der Waals surface area contributed by atoms with Gasteiger partial charge in [-0.3, -0.25) is 13.9 Å². The van der Waals surface area contributed by atoms with E-state index in [2.05, 4.69) is 5.32 Å². The number of carbonyl (C=O) groups excluding carboxylic acids is 2. The molecule has 0 aliphatic carbocycles. The number of hydrogen-bond donors (Lipinski definition) is 1. The van der Waals surface area contributed by atoms with Crippen molar-refractivity contribution in [1.29, 1.82) is 0 Å². The first-order valence-electron chi connectivity index (χ1n) is 12.3. The number of nitrogens with zero attached hydrogens (tertiary/aromatic N) is 2. The predicted octanol–water partition coefficient (Wildman–Crippen LogP) is 4.60. The third kappa shape index (κ3) is 7.45. The Bertz CT molecular complexity index is 1250. The number of nitrogens with one attached hydrogen (secondary N) is 1. The number of ether oxygens (including phenoxy) is 2. The van der Waals surface area contributed by atoms with Crippen LogP contribution >= 0.6 is 23.2 Å². The van der Waals surface area contributed by atoms with Crippen LogP contribution < -0.4 is 19.1 Å². The Labute approximate surface area is 234 Å². The van der Waals surface area contributed by atoms with Gasteiger partial charge in [0.1, 0.15) is 6.04 Å². The molecule has 0 aromatic heterocycles. The molecule has 0 saturated carbocycles. The highest BCUT2D eigenvalue weighted by Crippen LogP contribution is 2.36. The lowest BCUT2D eigenvalue weighted by Gasteiger charge is -2.32. The first-order chi connectivity index (χ1) is 17.9. The van der Waals surface area contributed by atoms with Crippen LogP contribution in [-0.2, 0) is 26.2 Å². The Morgan fingerprint density at radius 3 is 2.34 bits per heavy atom. The molecule has 9 nitrogen and oxygen atoms in total. The van der Waals surface area contributed by atoms with Gasteiger partial charge >= 0.3 is 0 Å². The molecule has 1 heterocycles. The molecule has 2 aromatic rings. The van der Waals surface area contributed by atoms with Crippen LogP contribution in [0.2, 0.25) is 10.0 Å². The monoisotopic (exact) mass is 585 g/mol. The zero-order chi connectivity index (χ0) is 28.0. The normalized spacial score (nSPS) is 13.3. The molecule has 1 aliphatic heterocycles. The fourth-order valence-electron chi connectivity index (χ4n) is 4.20. The first-order valence-corrected chi connectivity index (χ1v) is 14.9. The van der Waals surface area contributed by atoms with Gasteiger partial charge in [-0.05, 0) is 51.0 Å². The molecule has 2 amide bonds. The van der Waals surface area contributed by atoms with Crippen LogP contribution in [0.1, 0.15) is 45.6 Å². The van der Waals surface area contributed by atoms with Crippen molar-refractivity contribution in [2.45, 2.75) is 58.7 Å². The average Bonchev–Trinajstić information content (AvgIpc) is 3.30. The maximum atomic E-state index is 13.5. The van der Waals surface area contributed by atoms with Crippen LogP contribution in [0.3, 0.4) is 0 Å². The Balaban J connectivity index is 1.80. The van der Waals surface area contributed by atoms with E-state index in [1.807, 2.05) is 20.8 Å². The second-order valence-electron chi connectivity index (χ2n) is 9.29. The van der Waals surface area contributed by atoms with Gasteiger partial charge in [0.25, 0.3) is 0 Å². The molecule has 0 radical (unpaired) electrons. The highest BCUT2D eigenvalue weighted by Gasteiger charge is 2.30. The molecule has 1 unspecified atom stereocenters. The van der Waals surface area contributed by atoms with E-state index in [0.29, 0.717) is 39.2 Å². The number of hydrogen-bond acceptors (Lipinski definition) is 6. The maximum Gasteiger partial charge on any atom is 0.243 e. The molecule has 3 rings (SSSR count). The molecule has 208 valence electrons. The number of benzene rings is 2. The van der Waals surface area contributed by atoms with Crippen LogP contribution in [0.25, 0.3) is 0 Å². The van der Waals surface area contributed by atoms with Gasteiger partial charge in [0, 0.05) is 47.2 Å². The minimum absolute atomic E-state index is 0.00407. The van der Waals surface area contributed by atoms with E-state index in [4.69, 9.17) is 32.7 Å². The third-order valence-electron chi connectivity index (χ3n) is 6.00. The van der Waals surface area contributed by atoms with Gasteiger partial charge in [-0.2, -0.15) is 0 Å². The molecule has 1 N–H and O–H groups in total. The van der Waals surface area contributed by atoms with Crippen molar-refractivity contribution in [2.75, 3.05) is 23.9 Å². The lowest BCUT2D eigenvalue weighted by Crippen LogP contribution is -2.50. The summed E-state index contributed by atoms with van der Waals surface area (Å²) >= 11 is 12.8. The number of amides is 2. The van der Waals surface area contributed by atoms with Crippen molar-refractivity contribution in [3.05, 3.63) is 52.0 Å². The van der Waals surface area contributed by atoms with Crippen LogP contribution in [0.4, 0.5) is 5.69 Å². The lowest BCUT2D eigenvalue weighted by molar-refractivity contribution is -0.141. The number of rotatable bonds is 12. The van der Waals surface area contributed by atoms with E-state index in [1.165, 1.54) is 9.21 Å². The van der Waals surface area contributed by atoms with Crippen molar-refractivity contribution >= 4 is 50.7 Å². The van der Waals surface area contributed by atoms with Gasteiger partial charge in [-0.1, -0.05) is 36.2 Å². The summed E-state index contributed by atoms with van der Waals surface area (Å²) in [5, 5.41) is 3.65. The first kappa shape index (κ1) is 29.9. The van der Waals surface area contributed by atoms with Crippen molar-refractivity contribution in [1.82, 2.24) is 10.2 Å². The van der Waals surface area contributed by atoms with Gasteiger partial charge in [-0.25, -0.2) is 8.42 Å². The zero-order valence-corrected chi connectivity index (χ0v) is 24.2. The molecule has 0 spiro atoms. The summed E-state index contributed by atoms with van der Waals surface area (Å²) in [5.74, 6) is 0.400. The second kappa shape index (κ2) is 12.9. The Morgan fingerprint density at radius 1 is 1.08 bits per heavy atom. The van der Waals surface area contributed by atoms with E-state index in [-0.39, 0.29) is 50.6 Å². The number of anilines is 1. The molecule has 38 heavy (non-hydrogen) atoms. The standard InChI is InChI=1S/C26H33Cl2N3O6S/c1-5-22(26(33)29-17(2)3)30(15-19-20(27)8-6-9-21(19)28)25(32)10-7-13-31(38(4,34)35)18-11-12-23-24(14-18)37-16-36-23/h6,8-9,11-12,14,17,22H,5,7,10,13,15-16H2,1-4H3,(H,29,33). The summed E-state index contributed by atoms with van der Waals surface area (Å²) in [6.45, 7) is 5.68. The minimum atomic E-state index is -3.65. The minimum Gasteiger partial charge on any atom is -0.454 e. The topological polar surface area (TPSA) is 105 Å². The second-order valence-corrected chi connectivity index (χ2v) is 12.0. The summed E-state index contributed by atoms with van der Waals surface area (Å²) in [7, 11) is -3.65. The van der Waals surface area contributed by atoms with Crippen molar-refractivity contribution in [3.63, 3.8) is 0 Å². The van der Waals surface area contributed by atoms with Gasteiger partial charge < -0.3 is 19.7 Å².